The van der Waals surface area contributed by atoms with Gasteiger partial charge < -0.3 is 10.2 Å². The van der Waals surface area contributed by atoms with Gasteiger partial charge in [0.05, 0.1) is 6.04 Å². The second-order valence-electron chi connectivity index (χ2n) is 5.68. The van der Waals surface area contributed by atoms with E-state index in [1.54, 1.807) is 0 Å². The van der Waals surface area contributed by atoms with Crippen molar-refractivity contribution in [3.8, 4) is 0 Å². The van der Waals surface area contributed by atoms with Gasteiger partial charge in [0.25, 0.3) is 0 Å². The number of hydrogen-bond acceptors (Lipinski definition) is 1. The van der Waals surface area contributed by atoms with Crippen LogP contribution >= 0.6 is 11.6 Å². The summed E-state index contributed by atoms with van der Waals surface area (Å²) in [6, 6.07) is 8.12. The van der Waals surface area contributed by atoms with E-state index in [0.29, 0.717) is 0 Å². The number of likely N-dealkylation sites (tertiary alicyclic amines) is 1. The van der Waals surface area contributed by atoms with Gasteiger partial charge in [0.1, 0.15) is 0 Å². The van der Waals surface area contributed by atoms with E-state index in [9.17, 15) is 4.79 Å². The zero-order valence-corrected chi connectivity index (χ0v) is 13.0. The van der Waals surface area contributed by atoms with Gasteiger partial charge in [-0.2, -0.15) is 0 Å². The lowest BCUT2D eigenvalue weighted by atomic mass is 10.0. The van der Waals surface area contributed by atoms with Gasteiger partial charge in [-0.15, -0.1) is 0 Å². The fourth-order valence-corrected chi connectivity index (χ4v) is 3.01. The SMILES string of the molecule is CC(C)NC(=O)N1CCCCC[C@H]1c1ccccc1Cl. The molecule has 110 valence electrons. The van der Waals surface area contributed by atoms with Crippen LogP contribution in [0.4, 0.5) is 4.79 Å². The first-order valence-electron chi connectivity index (χ1n) is 7.41. The van der Waals surface area contributed by atoms with Gasteiger partial charge in [-0.25, -0.2) is 4.79 Å². The summed E-state index contributed by atoms with van der Waals surface area (Å²) in [5, 5.41) is 3.75. The molecule has 0 bridgehead atoms. The van der Waals surface area contributed by atoms with Crippen molar-refractivity contribution in [2.45, 2.75) is 51.6 Å². The molecule has 1 fully saturated rings. The number of benzene rings is 1. The Bertz CT molecular complexity index is 462. The highest BCUT2D eigenvalue weighted by Crippen LogP contribution is 2.34. The number of amides is 2. The van der Waals surface area contributed by atoms with Gasteiger partial charge in [0, 0.05) is 17.6 Å². The minimum Gasteiger partial charge on any atom is -0.336 e. The van der Waals surface area contributed by atoms with Crippen LogP contribution in [0.2, 0.25) is 5.02 Å². The Kier molecular flexibility index (Phi) is 5.30. The Morgan fingerprint density at radius 2 is 2.05 bits per heavy atom. The summed E-state index contributed by atoms with van der Waals surface area (Å²) in [6.07, 6.45) is 4.36. The predicted octanol–water partition coefficient (Wildman–Crippen LogP) is 4.38. The first-order valence-corrected chi connectivity index (χ1v) is 7.79. The van der Waals surface area contributed by atoms with E-state index in [4.69, 9.17) is 11.6 Å². The van der Waals surface area contributed by atoms with Crippen LogP contribution in [-0.2, 0) is 0 Å². The number of hydrogen-bond donors (Lipinski definition) is 1. The first kappa shape index (κ1) is 15.2. The zero-order valence-electron chi connectivity index (χ0n) is 12.2. The van der Waals surface area contributed by atoms with E-state index >= 15 is 0 Å². The maximum absolute atomic E-state index is 12.4. The molecule has 3 nitrogen and oxygen atoms in total. The summed E-state index contributed by atoms with van der Waals surface area (Å²) in [7, 11) is 0. The molecule has 2 amide bonds. The second-order valence-corrected chi connectivity index (χ2v) is 6.09. The van der Waals surface area contributed by atoms with Crippen molar-refractivity contribution in [1.29, 1.82) is 0 Å². The number of nitrogens with zero attached hydrogens (tertiary/aromatic N) is 1. The highest BCUT2D eigenvalue weighted by atomic mass is 35.5. The second kappa shape index (κ2) is 6.98. The molecule has 0 aliphatic carbocycles. The quantitative estimate of drug-likeness (QED) is 0.863. The lowest BCUT2D eigenvalue weighted by Gasteiger charge is -2.31. The normalized spacial score (nSPS) is 19.8. The molecule has 1 aliphatic heterocycles. The highest BCUT2D eigenvalue weighted by Gasteiger charge is 2.28. The van der Waals surface area contributed by atoms with E-state index in [1.165, 1.54) is 6.42 Å². The molecule has 1 aliphatic rings. The van der Waals surface area contributed by atoms with Crippen molar-refractivity contribution >= 4 is 17.6 Å². The minimum atomic E-state index is 0.0202. The largest absolute Gasteiger partial charge is 0.336 e. The smallest absolute Gasteiger partial charge is 0.318 e. The summed E-state index contributed by atoms with van der Waals surface area (Å²) in [4.78, 5) is 14.4. The van der Waals surface area contributed by atoms with E-state index in [-0.39, 0.29) is 18.1 Å². The third kappa shape index (κ3) is 3.66. The monoisotopic (exact) mass is 294 g/mol. The number of urea groups is 1. The van der Waals surface area contributed by atoms with Crippen molar-refractivity contribution < 1.29 is 4.79 Å². The maximum Gasteiger partial charge on any atom is 0.318 e. The van der Waals surface area contributed by atoms with Crippen LogP contribution in [0.3, 0.4) is 0 Å². The molecule has 0 spiro atoms. The molecular weight excluding hydrogens is 272 g/mol. The third-order valence-electron chi connectivity index (χ3n) is 3.69. The van der Waals surface area contributed by atoms with Crippen LogP contribution < -0.4 is 5.32 Å². The summed E-state index contributed by atoms with van der Waals surface area (Å²) < 4.78 is 0. The van der Waals surface area contributed by atoms with Gasteiger partial charge in [-0.3, -0.25) is 0 Å². The maximum atomic E-state index is 12.4. The van der Waals surface area contributed by atoms with Crippen LogP contribution in [0.25, 0.3) is 0 Å². The molecule has 1 saturated heterocycles. The van der Waals surface area contributed by atoms with E-state index in [0.717, 1.165) is 36.4 Å². The molecule has 20 heavy (non-hydrogen) atoms. The lowest BCUT2D eigenvalue weighted by Crippen LogP contribution is -2.44. The number of nitrogens with one attached hydrogen (secondary N) is 1. The Balaban J connectivity index is 2.26. The fourth-order valence-electron chi connectivity index (χ4n) is 2.75. The van der Waals surface area contributed by atoms with Gasteiger partial charge in [-0.05, 0) is 38.3 Å². The van der Waals surface area contributed by atoms with Crippen LogP contribution in [0.15, 0.2) is 24.3 Å². The summed E-state index contributed by atoms with van der Waals surface area (Å²) in [5.74, 6) is 0. The number of halogens is 1. The van der Waals surface area contributed by atoms with Gasteiger partial charge >= 0.3 is 6.03 Å². The standard InChI is InChI=1S/C16H23ClN2O/c1-12(2)18-16(20)19-11-7-3-4-10-15(19)13-8-5-6-9-14(13)17/h5-6,8-9,12,15H,3-4,7,10-11H2,1-2H3,(H,18,20)/t15-/m0/s1. The van der Waals surface area contributed by atoms with Crippen molar-refractivity contribution in [3.05, 3.63) is 34.9 Å². The molecule has 0 saturated carbocycles. The average molecular weight is 295 g/mol. The fraction of sp³-hybridized carbons (Fsp3) is 0.562. The van der Waals surface area contributed by atoms with Crippen molar-refractivity contribution in [2.75, 3.05) is 6.54 Å². The van der Waals surface area contributed by atoms with E-state index in [1.807, 2.05) is 43.0 Å². The molecule has 1 heterocycles. The van der Waals surface area contributed by atoms with Crippen LogP contribution in [0, 0.1) is 0 Å². The molecule has 1 aromatic rings. The van der Waals surface area contributed by atoms with Crippen molar-refractivity contribution in [2.24, 2.45) is 0 Å². The van der Waals surface area contributed by atoms with Crippen molar-refractivity contribution in [3.63, 3.8) is 0 Å². The molecule has 2 rings (SSSR count). The topological polar surface area (TPSA) is 32.3 Å². The van der Waals surface area contributed by atoms with E-state index < -0.39 is 0 Å². The first-order chi connectivity index (χ1) is 9.59. The van der Waals surface area contributed by atoms with Gasteiger partial charge in [0.2, 0.25) is 0 Å². The summed E-state index contributed by atoms with van der Waals surface area (Å²) in [6.45, 7) is 4.77. The number of carbonyl (C=O) groups excluding carboxylic acids is 1. The van der Waals surface area contributed by atoms with E-state index in [2.05, 4.69) is 5.32 Å². The highest BCUT2D eigenvalue weighted by molar-refractivity contribution is 6.31. The Morgan fingerprint density at radius 3 is 2.75 bits per heavy atom. The van der Waals surface area contributed by atoms with Gasteiger partial charge in [-0.1, -0.05) is 42.6 Å². The van der Waals surface area contributed by atoms with Crippen LogP contribution in [-0.4, -0.2) is 23.5 Å². The molecule has 1 aromatic carbocycles. The van der Waals surface area contributed by atoms with Crippen molar-refractivity contribution in [1.82, 2.24) is 10.2 Å². The van der Waals surface area contributed by atoms with Crippen LogP contribution in [0.1, 0.15) is 51.1 Å². The Labute approximate surface area is 126 Å². The Morgan fingerprint density at radius 1 is 1.30 bits per heavy atom. The number of rotatable bonds is 2. The Hall–Kier alpha value is -1.22. The minimum absolute atomic E-state index is 0.0202. The molecule has 4 heteroatoms. The lowest BCUT2D eigenvalue weighted by molar-refractivity contribution is 0.173. The number of carbonyl (C=O) groups is 1. The average Bonchev–Trinajstić information content (AvgIpc) is 2.64. The zero-order chi connectivity index (χ0) is 14.5. The summed E-state index contributed by atoms with van der Waals surface area (Å²) >= 11 is 6.33. The third-order valence-corrected chi connectivity index (χ3v) is 4.03. The molecule has 1 atom stereocenters. The molecule has 0 radical (unpaired) electrons. The van der Waals surface area contributed by atoms with Gasteiger partial charge in [0.15, 0.2) is 0 Å². The summed E-state index contributed by atoms with van der Waals surface area (Å²) in [5.41, 5.74) is 1.06. The molecular formula is C16H23ClN2O. The molecule has 0 aromatic heterocycles. The molecule has 1 N–H and O–H groups in total. The molecule has 0 unspecified atom stereocenters. The predicted molar refractivity (Wildman–Crippen MR) is 83.0 cm³/mol. The van der Waals surface area contributed by atoms with Crippen LogP contribution in [0.5, 0.6) is 0 Å².